The van der Waals surface area contributed by atoms with Crippen molar-refractivity contribution in [1.29, 1.82) is 0 Å². The van der Waals surface area contributed by atoms with Crippen LogP contribution in [0.5, 0.6) is 0 Å². The average Bonchev–Trinajstić information content (AvgIpc) is 3.07. The molecule has 0 spiro atoms. The summed E-state index contributed by atoms with van der Waals surface area (Å²) in [6.07, 6.45) is 0.845. The quantitative estimate of drug-likeness (QED) is 0.415. The Morgan fingerprint density at radius 3 is 2.35 bits per heavy atom. The van der Waals surface area contributed by atoms with Gasteiger partial charge in [0.1, 0.15) is 6.10 Å². The van der Waals surface area contributed by atoms with Gasteiger partial charge in [-0.3, -0.25) is 0 Å². The summed E-state index contributed by atoms with van der Waals surface area (Å²) in [6.45, 7) is 0. The van der Waals surface area contributed by atoms with Gasteiger partial charge in [0.2, 0.25) is 0 Å². The van der Waals surface area contributed by atoms with Crippen LogP contribution < -0.4 is 0 Å². The molecule has 0 radical (unpaired) electrons. The third-order valence-corrected chi connectivity index (χ3v) is 5.67. The highest BCUT2D eigenvalue weighted by Gasteiger charge is 2.32. The van der Waals surface area contributed by atoms with Crippen LogP contribution in [0.4, 0.5) is 0 Å². The first-order valence-corrected chi connectivity index (χ1v) is 9.64. The van der Waals surface area contributed by atoms with E-state index in [4.69, 9.17) is 4.74 Å². The highest BCUT2D eigenvalue weighted by atomic mass is 79.9. The van der Waals surface area contributed by atoms with Gasteiger partial charge in [-0.15, -0.1) is 0 Å². The Labute approximate surface area is 161 Å². The van der Waals surface area contributed by atoms with Crippen molar-refractivity contribution < 1.29 is 4.74 Å². The van der Waals surface area contributed by atoms with Gasteiger partial charge in [0.05, 0.1) is 11.8 Å². The topological polar surface area (TPSA) is 25.0 Å². The van der Waals surface area contributed by atoms with Crippen LogP contribution in [-0.4, -0.2) is 4.98 Å². The summed E-state index contributed by atoms with van der Waals surface area (Å²) in [4.78, 5) is 3.61. The number of hydrogen-bond acceptors (Lipinski definition) is 1. The molecule has 3 aromatic carbocycles. The predicted molar refractivity (Wildman–Crippen MR) is 108 cm³/mol. The molecular formula is C23H18BrNO. The van der Waals surface area contributed by atoms with Gasteiger partial charge >= 0.3 is 0 Å². The lowest BCUT2D eigenvalue weighted by Crippen LogP contribution is -2.21. The summed E-state index contributed by atoms with van der Waals surface area (Å²) in [7, 11) is 0. The van der Waals surface area contributed by atoms with Crippen molar-refractivity contribution in [3.63, 3.8) is 0 Å². The number of ether oxygens (including phenoxy) is 1. The number of para-hydroxylation sites is 1. The van der Waals surface area contributed by atoms with Crippen molar-refractivity contribution >= 4 is 26.8 Å². The molecule has 1 N–H and O–H groups in total. The number of hydrogen-bond donors (Lipinski definition) is 1. The van der Waals surface area contributed by atoms with E-state index in [1.54, 1.807) is 0 Å². The van der Waals surface area contributed by atoms with E-state index in [0.29, 0.717) is 0 Å². The van der Waals surface area contributed by atoms with Crippen LogP contribution in [0, 0.1) is 0 Å². The van der Waals surface area contributed by atoms with E-state index >= 15 is 0 Å². The highest BCUT2D eigenvalue weighted by molar-refractivity contribution is 9.10. The molecule has 2 atom stereocenters. The zero-order valence-corrected chi connectivity index (χ0v) is 15.7. The average molecular weight is 404 g/mol. The van der Waals surface area contributed by atoms with Gasteiger partial charge in [0.25, 0.3) is 0 Å². The predicted octanol–water partition coefficient (Wildman–Crippen LogP) is 6.33. The van der Waals surface area contributed by atoms with Gasteiger partial charge in [-0.1, -0.05) is 76.6 Å². The van der Waals surface area contributed by atoms with Gasteiger partial charge in [0.15, 0.2) is 0 Å². The summed E-state index contributed by atoms with van der Waals surface area (Å²) >= 11 is 3.53. The zero-order chi connectivity index (χ0) is 17.5. The van der Waals surface area contributed by atoms with Gasteiger partial charge < -0.3 is 9.72 Å². The lowest BCUT2D eigenvalue weighted by molar-refractivity contribution is -0.00701. The molecular weight excluding hydrogens is 386 g/mol. The van der Waals surface area contributed by atoms with Crippen LogP contribution >= 0.6 is 15.9 Å². The first-order chi connectivity index (χ1) is 12.8. The fraction of sp³-hybridized carbons (Fsp3) is 0.130. The second kappa shape index (κ2) is 6.42. The molecule has 1 aromatic heterocycles. The van der Waals surface area contributed by atoms with Crippen LogP contribution in [0.15, 0.2) is 83.3 Å². The number of aromatic amines is 1. The Bertz CT molecular complexity index is 1050. The zero-order valence-electron chi connectivity index (χ0n) is 14.2. The van der Waals surface area contributed by atoms with Gasteiger partial charge in [-0.25, -0.2) is 0 Å². The van der Waals surface area contributed by atoms with E-state index < -0.39 is 0 Å². The fourth-order valence-corrected chi connectivity index (χ4v) is 4.14. The minimum atomic E-state index is -0.0931. The minimum Gasteiger partial charge on any atom is -0.359 e. The molecule has 4 aromatic rings. The molecule has 0 fully saturated rings. The number of nitrogens with one attached hydrogen (secondary N) is 1. The molecule has 128 valence electrons. The normalized spacial score (nSPS) is 19.4. The van der Waals surface area contributed by atoms with Crippen LogP contribution in [0.1, 0.15) is 34.6 Å². The SMILES string of the molecule is Brc1ccc([C@@H]2O[C@H](c3ccccc3)Cc3c2[nH]c2ccccc32)cc1. The largest absolute Gasteiger partial charge is 0.359 e. The minimum absolute atomic E-state index is 0.0524. The number of halogens is 1. The lowest BCUT2D eigenvalue weighted by Gasteiger charge is -2.31. The number of benzene rings is 3. The van der Waals surface area contributed by atoms with Crippen molar-refractivity contribution in [3.05, 3.63) is 106 Å². The first-order valence-electron chi connectivity index (χ1n) is 8.85. The third-order valence-electron chi connectivity index (χ3n) is 5.14. The maximum absolute atomic E-state index is 6.61. The summed E-state index contributed by atoms with van der Waals surface area (Å²) in [6, 6.07) is 27.5. The van der Waals surface area contributed by atoms with E-state index in [-0.39, 0.29) is 12.2 Å². The maximum Gasteiger partial charge on any atom is 0.123 e. The van der Waals surface area contributed by atoms with E-state index in [1.807, 2.05) is 0 Å². The monoisotopic (exact) mass is 403 g/mol. The van der Waals surface area contributed by atoms with E-state index in [9.17, 15) is 0 Å². The van der Waals surface area contributed by atoms with Crippen molar-refractivity contribution in [2.24, 2.45) is 0 Å². The molecule has 0 unspecified atom stereocenters. The van der Waals surface area contributed by atoms with Crippen LogP contribution in [-0.2, 0) is 11.2 Å². The second-order valence-electron chi connectivity index (χ2n) is 6.73. The van der Waals surface area contributed by atoms with Crippen LogP contribution in [0.25, 0.3) is 10.9 Å². The van der Waals surface area contributed by atoms with Gasteiger partial charge in [0, 0.05) is 21.8 Å². The Kier molecular flexibility index (Phi) is 3.92. The second-order valence-corrected chi connectivity index (χ2v) is 7.65. The molecule has 0 saturated heterocycles. The Morgan fingerprint density at radius 1 is 0.808 bits per heavy atom. The molecule has 0 bridgehead atoms. The highest BCUT2D eigenvalue weighted by Crippen LogP contribution is 2.43. The lowest BCUT2D eigenvalue weighted by atomic mass is 9.92. The van der Waals surface area contributed by atoms with Crippen LogP contribution in [0.2, 0.25) is 0 Å². The molecule has 2 nitrogen and oxygen atoms in total. The number of fused-ring (bicyclic) bond motifs is 3. The Balaban J connectivity index is 1.67. The van der Waals surface area contributed by atoms with Crippen LogP contribution in [0.3, 0.4) is 0 Å². The molecule has 5 rings (SSSR count). The first kappa shape index (κ1) is 15.9. The Hall–Kier alpha value is -2.36. The molecule has 26 heavy (non-hydrogen) atoms. The summed E-state index contributed by atoms with van der Waals surface area (Å²) in [5, 5.41) is 1.30. The summed E-state index contributed by atoms with van der Waals surface area (Å²) < 4.78 is 7.69. The summed E-state index contributed by atoms with van der Waals surface area (Å²) in [5.74, 6) is 0. The Morgan fingerprint density at radius 2 is 1.54 bits per heavy atom. The molecule has 1 aliphatic rings. The number of aromatic nitrogens is 1. The number of rotatable bonds is 2. The molecule has 1 aliphatic heterocycles. The third kappa shape index (κ3) is 2.68. The fourth-order valence-electron chi connectivity index (χ4n) is 3.88. The standard InChI is InChI=1S/C23H18BrNO/c24-17-12-10-16(11-13-17)23-22-19(18-8-4-5-9-20(18)25-22)14-21(26-23)15-6-2-1-3-7-15/h1-13,21,23,25H,14H2/t21-,23-/m0/s1. The summed E-state index contributed by atoms with van der Waals surface area (Å²) in [5.41, 5.74) is 6.12. The van der Waals surface area contributed by atoms with Crippen molar-refractivity contribution in [3.8, 4) is 0 Å². The maximum atomic E-state index is 6.61. The molecule has 0 aliphatic carbocycles. The van der Waals surface area contributed by atoms with Crippen molar-refractivity contribution in [1.82, 2.24) is 4.98 Å². The smallest absolute Gasteiger partial charge is 0.123 e. The van der Waals surface area contributed by atoms with Crippen molar-refractivity contribution in [2.75, 3.05) is 0 Å². The van der Waals surface area contributed by atoms with Gasteiger partial charge in [-0.05, 0) is 34.9 Å². The molecule has 3 heteroatoms. The van der Waals surface area contributed by atoms with Gasteiger partial charge in [-0.2, -0.15) is 0 Å². The van der Waals surface area contributed by atoms with Crippen molar-refractivity contribution in [2.45, 2.75) is 18.6 Å². The molecule has 2 heterocycles. The molecule has 0 amide bonds. The van der Waals surface area contributed by atoms with E-state index in [1.165, 1.54) is 33.3 Å². The van der Waals surface area contributed by atoms with E-state index in [0.717, 1.165) is 10.9 Å². The number of H-pyrrole nitrogens is 1. The molecule has 0 saturated carbocycles. The van der Waals surface area contributed by atoms with E-state index in [2.05, 4.69) is 99.8 Å².